The van der Waals surface area contributed by atoms with Crippen molar-refractivity contribution in [3.05, 3.63) is 53.3 Å². The smallest absolute Gasteiger partial charge is 0.157 e. The number of hydrogen-bond acceptors (Lipinski definition) is 5. The Balaban J connectivity index is 1.55. The first-order valence-electron chi connectivity index (χ1n) is 9.79. The Morgan fingerprint density at radius 2 is 2.04 bits per heavy atom. The van der Waals surface area contributed by atoms with Gasteiger partial charge in [-0.3, -0.25) is 0 Å². The quantitative estimate of drug-likeness (QED) is 0.775. The van der Waals surface area contributed by atoms with Crippen LogP contribution in [0.15, 0.2) is 36.5 Å². The number of aromatic nitrogens is 3. The van der Waals surface area contributed by atoms with Gasteiger partial charge in [0, 0.05) is 43.6 Å². The molecule has 0 spiro atoms. The Labute approximate surface area is 159 Å². The molecule has 4 heterocycles. The molecule has 2 aliphatic rings. The summed E-state index contributed by atoms with van der Waals surface area (Å²) in [6, 6.07) is 10.4. The Morgan fingerprint density at radius 1 is 1.15 bits per heavy atom. The van der Waals surface area contributed by atoms with E-state index < -0.39 is 0 Å². The van der Waals surface area contributed by atoms with Crippen LogP contribution in [0.4, 0.5) is 5.82 Å². The second kappa shape index (κ2) is 6.85. The second-order valence-electron chi connectivity index (χ2n) is 7.39. The maximum atomic E-state index is 5.61. The summed E-state index contributed by atoms with van der Waals surface area (Å²) in [5, 5.41) is 8.10. The van der Waals surface area contributed by atoms with Gasteiger partial charge in [-0.1, -0.05) is 18.2 Å². The molecule has 1 atom stereocenters. The van der Waals surface area contributed by atoms with Crippen LogP contribution in [0.25, 0.3) is 5.65 Å². The van der Waals surface area contributed by atoms with E-state index in [9.17, 15) is 0 Å². The highest BCUT2D eigenvalue weighted by Crippen LogP contribution is 2.37. The minimum atomic E-state index is 0.472. The van der Waals surface area contributed by atoms with E-state index in [1.165, 1.54) is 22.6 Å². The minimum Gasteiger partial charge on any atom is -0.496 e. The highest BCUT2D eigenvalue weighted by molar-refractivity contribution is 5.58. The van der Waals surface area contributed by atoms with Crippen LogP contribution in [0.1, 0.15) is 29.2 Å². The number of hydrogen-bond donors (Lipinski definition) is 1. The molecule has 1 unspecified atom stereocenters. The Morgan fingerprint density at radius 3 is 2.96 bits per heavy atom. The molecule has 3 aromatic rings. The highest BCUT2D eigenvalue weighted by Gasteiger charge is 2.30. The molecule has 0 amide bonds. The standard InChI is InChI=1S/C21H25N5O/c1-27-19-5-3-2-4-16(19)15-9-13-25(14-15)21-17-6-10-22-11-7-18(17)24-20-8-12-23-26(20)21/h2-5,8,12,15,22H,6-7,9-11,13-14H2,1H3. The third-order valence-electron chi connectivity index (χ3n) is 5.85. The number of anilines is 1. The van der Waals surface area contributed by atoms with Crippen molar-refractivity contribution in [2.45, 2.75) is 25.2 Å². The van der Waals surface area contributed by atoms with E-state index in [-0.39, 0.29) is 0 Å². The van der Waals surface area contributed by atoms with E-state index >= 15 is 0 Å². The van der Waals surface area contributed by atoms with Gasteiger partial charge in [0.25, 0.3) is 0 Å². The molecule has 0 bridgehead atoms. The number of methoxy groups -OCH3 is 1. The average molecular weight is 363 g/mol. The van der Waals surface area contributed by atoms with Crippen LogP contribution in [-0.2, 0) is 12.8 Å². The third-order valence-corrected chi connectivity index (χ3v) is 5.85. The van der Waals surface area contributed by atoms with Crippen molar-refractivity contribution >= 4 is 11.5 Å². The first-order valence-corrected chi connectivity index (χ1v) is 9.79. The number of rotatable bonds is 3. The van der Waals surface area contributed by atoms with Gasteiger partial charge in [0.05, 0.1) is 19.0 Å². The van der Waals surface area contributed by atoms with Gasteiger partial charge in [-0.25, -0.2) is 4.98 Å². The average Bonchev–Trinajstić information content (AvgIpc) is 3.31. The maximum Gasteiger partial charge on any atom is 0.157 e. The fraction of sp³-hybridized carbons (Fsp3) is 0.429. The normalized spacial score (nSPS) is 19.9. The molecule has 6 heteroatoms. The SMILES string of the molecule is COc1ccccc1C1CCN(c2c3c(nc4ccnn24)CCNCC3)C1. The molecule has 1 saturated heterocycles. The van der Waals surface area contributed by atoms with Gasteiger partial charge in [0.2, 0.25) is 0 Å². The zero-order valence-electron chi connectivity index (χ0n) is 15.7. The van der Waals surface area contributed by atoms with Crippen LogP contribution >= 0.6 is 0 Å². The van der Waals surface area contributed by atoms with Crippen LogP contribution in [0.2, 0.25) is 0 Å². The summed E-state index contributed by atoms with van der Waals surface area (Å²) in [4.78, 5) is 7.39. The van der Waals surface area contributed by atoms with Crippen molar-refractivity contribution in [2.75, 3.05) is 38.2 Å². The number of para-hydroxylation sites is 1. The molecule has 1 fully saturated rings. The molecule has 0 radical (unpaired) electrons. The van der Waals surface area contributed by atoms with Crippen molar-refractivity contribution in [1.82, 2.24) is 19.9 Å². The van der Waals surface area contributed by atoms with Crippen LogP contribution in [0, 0.1) is 0 Å². The van der Waals surface area contributed by atoms with Crippen molar-refractivity contribution in [3.8, 4) is 5.75 Å². The van der Waals surface area contributed by atoms with Crippen LogP contribution in [-0.4, -0.2) is 47.9 Å². The fourth-order valence-electron chi connectivity index (χ4n) is 4.55. The topological polar surface area (TPSA) is 54.7 Å². The Bertz CT molecular complexity index is 966. The summed E-state index contributed by atoms with van der Waals surface area (Å²) < 4.78 is 7.65. The van der Waals surface area contributed by atoms with Crippen LogP contribution in [0.5, 0.6) is 5.75 Å². The van der Waals surface area contributed by atoms with E-state index in [1.807, 2.05) is 22.8 Å². The minimum absolute atomic E-state index is 0.472. The molecule has 27 heavy (non-hydrogen) atoms. The summed E-state index contributed by atoms with van der Waals surface area (Å²) in [5.74, 6) is 2.70. The Kier molecular flexibility index (Phi) is 4.20. The summed E-state index contributed by atoms with van der Waals surface area (Å²) >= 11 is 0. The van der Waals surface area contributed by atoms with Gasteiger partial charge in [-0.15, -0.1) is 0 Å². The first-order chi connectivity index (χ1) is 13.3. The van der Waals surface area contributed by atoms with Crippen LogP contribution < -0.4 is 15.0 Å². The van der Waals surface area contributed by atoms with Crippen LogP contribution in [0.3, 0.4) is 0 Å². The fourth-order valence-corrected chi connectivity index (χ4v) is 4.55. The molecule has 140 valence electrons. The Hall–Kier alpha value is -2.60. The third kappa shape index (κ3) is 2.84. The zero-order chi connectivity index (χ0) is 18.2. The molecule has 1 N–H and O–H groups in total. The summed E-state index contributed by atoms with van der Waals surface area (Å²) in [6.45, 7) is 4.01. The van der Waals surface area contributed by atoms with Crippen molar-refractivity contribution in [3.63, 3.8) is 0 Å². The molecule has 1 aromatic carbocycles. The van der Waals surface area contributed by atoms with E-state index in [2.05, 4.69) is 33.5 Å². The summed E-state index contributed by atoms with van der Waals surface area (Å²) in [6.07, 6.45) is 4.97. The van der Waals surface area contributed by atoms with E-state index in [1.54, 1.807) is 7.11 Å². The lowest BCUT2D eigenvalue weighted by Gasteiger charge is -2.24. The van der Waals surface area contributed by atoms with E-state index in [4.69, 9.17) is 9.72 Å². The number of nitrogens with one attached hydrogen (secondary N) is 1. The predicted molar refractivity (Wildman–Crippen MR) is 106 cm³/mol. The molecule has 0 aliphatic carbocycles. The number of fused-ring (bicyclic) bond motifs is 2. The highest BCUT2D eigenvalue weighted by atomic mass is 16.5. The van der Waals surface area contributed by atoms with Gasteiger partial charge in [0.15, 0.2) is 5.65 Å². The second-order valence-corrected chi connectivity index (χ2v) is 7.39. The molecule has 0 saturated carbocycles. The van der Waals surface area contributed by atoms with Gasteiger partial charge >= 0.3 is 0 Å². The van der Waals surface area contributed by atoms with Crippen molar-refractivity contribution < 1.29 is 4.74 Å². The summed E-state index contributed by atoms with van der Waals surface area (Å²) in [7, 11) is 1.76. The number of nitrogens with zero attached hydrogens (tertiary/aromatic N) is 4. The van der Waals surface area contributed by atoms with Crippen molar-refractivity contribution in [2.24, 2.45) is 0 Å². The molecule has 2 aromatic heterocycles. The molecule has 6 nitrogen and oxygen atoms in total. The lowest BCUT2D eigenvalue weighted by molar-refractivity contribution is 0.406. The largest absolute Gasteiger partial charge is 0.496 e. The van der Waals surface area contributed by atoms with Crippen molar-refractivity contribution in [1.29, 1.82) is 0 Å². The van der Waals surface area contributed by atoms with E-state index in [0.717, 1.165) is 56.8 Å². The molecule has 5 rings (SSSR count). The lowest BCUT2D eigenvalue weighted by atomic mass is 9.97. The number of ether oxygens (including phenoxy) is 1. The predicted octanol–water partition coefficient (Wildman–Crippen LogP) is 2.42. The number of benzene rings is 1. The molecular weight excluding hydrogens is 338 g/mol. The molecule has 2 aliphatic heterocycles. The lowest BCUT2D eigenvalue weighted by Crippen LogP contribution is -2.25. The van der Waals surface area contributed by atoms with Gasteiger partial charge in [-0.2, -0.15) is 9.61 Å². The summed E-state index contributed by atoms with van der Waals surface area (Å²) in [5.41, 5.74) is 4.84. The monoisotopic (exact) mass is 363 g/mol. The van der Waals surface area contributed by atoms with Gasteiger partial charge in [-0.05, 0) is 31.0 Å². The van der Waals surface area contributed by atoms with E-state index in [0.29, 0.717) is 5.92 Å². The van der Waals surface area contributed by atoms with Gasteiger partial charge < -0.3 is 15.0 Å². The first kappa shape index (κ1) is 16.6. The maximum absolute atomic E-state index is 5.61. The zero-order valence-corrected chi connectivity index (χ0v) is 15.7. The van der Waals surface area contributed by atoms with Gasteiger partial charge in [0.1, 0.15) is 11.6 Å². The molecular formula is C21H25N5O.